The molecule has 0 radical (unpaired) electrons. The third kappa shape index (κ3) is 3.04. The number of H-pyrrole nitrogens is 1. The Morgan fingerprint density at radius 2 is 2.05 bits per heavy atom. The van der Waals surface area contributed by atoms with Crippen LogP contribution in [-0.4, -0.2) is 34.5 Å². The van der Waals surface area contributed by atoms with Crippen molar-refractivity contribution in [3.63, 3.8) is 0 Å². The van der Waals surface area contributed by atoms with Crippen LogP contribution < -0.4 is 0 Å². The molecule has 5 nitrogen and oxygen atoms in total. The van der Waals surface area contributed by atoms with Crippen LogP contribution >= 0.6 is 0 Å². The summed E-state index contributed by atoms with van der Waals surface area (Å²) in [5.41, 5.74) is 2.60. The van der Waals surface area contributed by atoms with E-state index in [0.717, 1.165) is 17.0 Å². The third-order valence-corrected chi connectivity index (χ3v) is 4.06. The third-order valence-electron chi connectivity index (χ3n) is 4.06. The van der Waals surface area contributed by atoms with Crippen LogP contribution in [0.2, 0.25) is 0 Å². The van der Waals surface area contributed by atoms with E-state index in [9.17, 15) is 9.59 Å². The normalized spacial score (nSPS) is 12.6. The lowest BCUT2D eigenvalue weighted by Crippen LogP contribution is -2.36. The number of aromatic nitrogens is 1. The SMILES string of the molecule is CC(=O)c1c(C)[nH]c(C(=O)[C@H](C)N(C)Cc2ccco2)c1C. The average Bonchev–Trinajstić information content (AvgIpc) is 3.05. The van der Waals surface area contributed by atoms with Crippen LogP contribution in [0.1, 0.15) is 51.7 Å². The fourth-order valence-electron chi connectivity index (χ4n) is 2.72. The van der Waals surface area contributed by atoms with Crippen LogP contribution in [-0.2, 0) is 6.54 Å². The molecule has 0 saturated heterocycles. The zero-order chi connectivity index (χ0) is 16.4. The first-order chi connectivity index (χ1) is 10.3. The Bertz CT molecular complexity index is 683. The lowest BCUT2D eigenvalue weighted by Gasteiger charge is -2.22. The van der Waals surface area contributed by atoms with Gasteiger partial charge in [-0.15, -0.1) is 0 Å². The molecule has 2 aromatic rings. The predicted molar refractivity (Wildman–Crippen MR) is 84.2 cm³/mol. The molecule has 2 heterocycles. The van der Waals surface area contributed by atoms with Crippen LogP contribution in [0.5, 0.6) is 0 Å². The molecule has 22 heavy (non-hydrogen) atoms. The molecule has 0 bridgehead atoms. The number of hydrogen-bond donors (Lipinski definition) is 1. The summed E-state index contributed by atoms with van der Waals surface area (Å²) in [5, 5.41) is 0. The summed E-state index contributed by atoms with van der Waals surface area (Å²) < 4.78 is 5.31. The molecule has 118 valence electrons. The summed E-state index contributed by atoms with van der Waals surface area (Å²) in [4.78, 5) is 29.4. The predicted octanol–water partition coefficient (Wildman–Crippen LogP) is 3.13. The highest BCUT2D eigenvalue weighted by Crippen LogP contribution is 2.21. The smallest absolute Gasteiger partial charge is 0.196 e. The maximum Gasteiger partial charge on any atom is 0.196 e. The monoisotopic (exact) mass is 302 g/mol. The second-order valence-corrected chi connectivity index (χ2v) is 5.72. The fraction of sp³-hybridized carbons (Fsp3) is 0.412. The highest BCUT2D eigenvalue weighted by Gasteiger charge is 2.26. The number of Topliss-reactive ketones (excluding diaryl/α,β-unsaturated/α-hetero) is 2. The van der Waals surface area contributed by atoms with Crippen molar-refractivity contribution in [1.82, 2.24) is 9.88 Å². The number of aromatic amines is 1. The van der Waals surface area contributed by atoms with Gasteiger partial charge in [0.05, 0.1) is 24.5 Å². The number of ketones is 2. The van der Waals surface area contributed by atoms with Gasteiger partial charge in [-0.3, -0.25) is 14.5 Å². The number of hydrogen-bond acceptors (Lipinski definition) is 4. The van der Waals surface area contributed by atoms with Crippen molar-refractivity contribution in [2.24, 2.45) is 0 Å². The first-order valence-electron chi connectivity index (χ1n) is 7.29. The number of carbonyl (C=O) groups excluding carboxylic acids is 2. The largest absolute Gasteiger partial charge is 0.468 e. The lowest BCUT2D eigenvalue weighted by molar-refractivity contribution is 0.0850. The number of likely N-dealkylation sites (N-methyl/N-ethyl adjacent to an activating group) is 1. The molecule has 0 saturated carbocycles. The average molecular weight is 302 g/mol. The highest BCUT2D eigenvalue weighted by atomic mass is 16.3. The second-order valence-electron chi connectivity index (χ2n) is 5.72. The van der Waals surface area contributed by atoms with Gasteiger partial charge >= 0.3 is 0 Å². The van der Waals surface area contributed by atoms with Gasteiger partial charge in [-0.05, 0) is 52.4 Å². The molecular weight excluding hydrogens is 280 g/mol. The molecule has 5 heteroatoms. The topological polar surface area (TPSA) is 66.3 Å². The molecule has 1 N–H and O–H groups in total. The molecule has 1 atom stereocenters. The van der Waals surface area contributed by atoms with E-state index in [1.54, 1.807) is 6.26 Å². The van der Waals surface area contributed by atoms with Crippen LogP contribution in [0.25, 0.3) is 0 Å². The van der Waals surface area contributed by atoms with Gasteiger partial charge in [-0.2, -0.15) is 0 Å². The number of aryl methyl sites for hydroxylation is 1. The summed E-state index contributed by atoms with van der Waals surface area (Å²) in [7, 11) is 1.88. The van der Waals surface area contributed by atoms with Crippen LogP contribution in [0.3, 0.4) is 0 Å². The summed E-state index contributed by atoms with van der Waals surface area (Å²) in [6.07, 6.45) is 1.62. The van der Waals surface area contributed by atoms with E-state index in [0.29, 0.717) is 17.8 Å². The van der Waals surface area contributed by atoms with Gasteiger partial charge in [0.2, 0.25) is 0 Å². The number of nitrogens with zero attached hydrogens (tertiary/aromatic N) is 1. The Labute approximate surface area is 130 Å². The van der Waals surface area contributed by atoms with Crippen LogP contribution in [0.15, 0.2) is 22.8 Å². The Balaban J connectivity index is 2.20. The van der Waals surface area contributed by atoms with E-state index in [4.69, 9.17) is 4.42 Å². The quantitative estimate of drug-likeness (QED) is 0.833. The lowest BCUT2D eigenvalue weighted by atomic mass is 10.0. The molecule has 2 aromatic heterocycles. The van der Waals surface area contributed by atoms with Crippen molar-refractivity contribution < 1.29 is 14.0 Å². The molecule has 0 aromatic carbocycles. The number of nitrogens with one attached hydrogen (secondary N) is 1. The summed E-state index contributed by atoms with van der Waals surface area (Å²) in [5.74, 6) is 0.759. The molecule has 0 fully saturated rings. The van der Waals surface area contributed by atoms with E-state index in [1.165, 1.54) is 6.92 Å². The van der Waals surface area contributed by atoms with Crippen molar-refractivity contribution in [1.29, 1.82) is 0 Å². The van der Waals surface area contributed by atoms with Gasteiger partial charge in [0.1, 0.15) is 5.76 Å². The van der Waals surface area contributed by atoms with Gasteiger partial charge in [-0.1, -0.05) is 0 Å². The van der Waals surface area contributed by atoms with Gasteiger partial charge in [0.25, 0.3) is 0 Å². The zero-order valence-corrected chi connectivity index (χ0v) is 13.7. The van der Waals surface area contributed by atoms with E-state index in [1.807, 2.05) is 44.9 Å². The maximum atomic E-state index is 12.7. The van der Waals surface area contributed by atoms with Crippen molar-refractivity contribution in [3.05, 3.63) is 46.7 Å². The first-order valence-corrected chi connectivity index (χ1v) is 7.29. The minimum Gasteiger partial charge on any atom is -0.468 e. The Morgan fingerprint density at radius 3 is 2.55 bits per heavy atom. The Morgan fingerprint density at radius 1 is 1.36 bits per heavy atom. The first kappa shape index (κ1) is 16.2. The molecule has 0 amide bonds. The van der Waals surface area contributed by atoms with E-state index in [-0.39, 0.29) is 17.6 Å². The number of rotatable bonds is 6. The van der Waals surface area contributed by atoms with Crippen LogP contribution in [0.4, 0.5) is 0 Å². The minimum absolute atomic E-state index is 0.0258. The summed E-state index contributed by atoms with van der Waals surface area (Å²) >= 11 is 0. The highest BCUT2D eigenvalue weighted by molar-refractivity contribution is 6.05. The van der Waals surface area contributed by atoms with Crippen molar-refractivity contribution in [2.75, 3.05) is 7.05 Å². The van der Waals surface area contributed by atoms with Crippen LogP contribution in [0, 0.1) is 13.8 Å². The second kappa shape index (κ2) is 6.32. The van der Waals surface area contributed by atoms with Gasteiger partial charge < -0.3 is 9.40 Å². The molecule has 0 aliphatic heterocycles. The van der Waals surface area contributed by atoms with Crippen molar-refractivity contribution in [3.8, 4) is 0 Å². The molecule has 0 aliphatic carbocycles. The number of carbonyl (C=O) groups is 2. The fourth-order valence-corrected chi connectivity index (χ4v) is 2.72. The Kier molecular flexibility index (Phi) is 4.66. The van der Waals surface area contributed by atoms with Gasteiger partial charge in [0, 0.05) is 11.3 Å². The molecular formula is C17H22N2O3. The number of furan rings is 1. The van der Waals surface area contributed by atoms with E-state index >= 15 is 0 Å². The van der Waals surface area contributed by atoms with Crippen molar-refractivity contribution in [2.45, 2.75) is 40.3 Å². The van der Waals surface area contributed by atoms with Crippen molar-refractivity contribution >= 4 is 11.6 Å². The molecule has 0 spiro atoms. The molecule has 0 aliphatic rings. The summed E-state index contributed by atoms with van der Waals surface area (Å²) in [6.45, 7) is 7.56. The molecule has 2 rings (SSSR count). The molecule has 0 unspecified atom stereocenters. The zero-order valence-electron chi connectivity index (χ0n) is 13.7. The maximum absolute atomic E-state index is 12.7. The summed E-state index contributed by atoms with van der Waals surface area (Å²) in [6, 6.07) is 3.39. The van der Waals surface area contributed by atoms with E-state index < -0.39 is 0 Å². The Hall–Kier alpha value is -2.14. The standard InChI is InChI=1S/C17H22N2O3/c1-10-15(13(4)20)11(2)18-16(10)17(21)12(3)19(5)9-14-7-6-8-22-14/h6-8,12,18H,9H2,1-5H3/t12-/m0/s1. The minimum atomic E-state index is -0.318. The van der Waals surface area contributed by atoms with Gasteiger partial charge in [-0.25, -0.2) is 0 Å². The van der Waals surface area contributed by atoms with Gasteiger partial charge in [0.15, 0.2) is 11.6 Å². The van der Waals surface area contributed by atoms with E-state index in [2.05, 4.69) is 4.98 Å².